The van der Waals surface area contributed by atoms with E-state index in [1.165, 1.54) is 30.2 Å². The fourth-order valence-electron chi connectivity index (χ4n) is 6.10. The zero-order valence-electron chi connectivity index (χ0n) is 26.3. The normalized spacial score (nSPS) is 23.8. The molecule has 1 aromatic heterocycles. The number of unbranched alkanes of at least 4 members (excludes halogenated alkanes) is 1. The first kappa shape index (κ1) is 34.1. The van der Waals surface area contributed by atoms with Gasteiger partial charge < -0.3 is 24.4 Å². The Bertz CT molecular complexity index is 1430. The van der Waals surface area contributed by atoms with Crippen molar-refractivity contribution in [2.24, 2.45) is 17.3 Å². The quantitative estimate of drug-likeness (QED) is 0.179. The van der Waals surface area contributed by atoms with Crippen molar-refractivity contribution in [2.45, 2.75) is 83.6 Å². The SMILES string of the molecule is C=CCCC[C@@H]1C[C@@H](C=C)C[C@H]1OC(=O)N[C@H](C(=O)N1C[C@H](Oc2nc3cc(F)ccc3nc2Cl)C[C@H]1C(=O)OC)C(C)(C)C. The first-order valence-corrected chi connectivity index (χ1v) is 15.6. The summed E-state index contributed by atoms with van der Waals surface area (Å²) in [6, 6.07) is 1.89. The fraction of sp³-hybridized carbons (Fsp3) is 0.545. The minimum absolute atomic E-state index is 0.0177. The van der Waals surface area contributed by atoms with Gasteiger partial charge in [0.15, 0.2) is 5.15 Å². The molecular formula is C33H42ClFN4O6. The van der Waals surface area contributed by atoms with Gasteiger partial charge in [-0.25, -0.2) is 23.9 Å². The van der Waals surface area contributed by atoms with Gasteiger partial charge in [-0.05, 0) is 61.5 Å². The highest BCUT2D eigenvalue weighted by Crippen LogP contribution is 2.37. The predicted molar refractivity (Wildman–Crippen MR) is 168 cm³/mol. The highest BCUT2D eigenvalue weighted by atomic mass is 35.5. The number of alkyl carbamates (subject to hydrolysis) is 1. The molecule has 4 rings (SSSR count). The second kappa shape index (κ2) is 14.6. The van der Waals surface area contributed by atoms with Gasteiger partial charge in [-0.3, -0.25) is 4.79 Å². The van der Waals surface area contributed by atoms with E-state index in [2.05, 4.69) is 28.4 Å². The van der Waals surface area contributed by atoms with Crippen molar-refractivity contribution in [3.63, 3.8) is 0 Å². The van der Waals surface area contributed by atoms with Crippen LogP contribution in [-0.2, 0) is 19.1 Å². The number of rotatable bonds is 11. The smallest absolute Gasteiger partial charge is 0.408 e. The summed E-state index contributed by atoms with van der Waals surface area (Å²) in [6.07, 6.45) is 6.43. The second-order valence-corrected chi connectivity index (χ2v) is 13.1. The van der Waals surface area contributed by atoms with Gasteiger partial charge >= 0.3 is 12.1 Å². The van der Waals surface area contributed by atoms with Crippen LogP contribution in [0.1, 0.15) is 59.3 Å². The van der Waals surface area contributed by atoms with Gasteiger partial charge in [0.25, 0.3) is 5.88 Å². The van der Waals surface area contributed by atoms with E-state index in [1.807, 2.05) is 32.9 Å². The third kappa shape index (κ3) is 8.31. The van der Waals surface area contributed by atoms with E-state index in [0.717, 1.165) is 25.7 Å². The van der Waals surface area contributed by atoms with Gasteiger partial charge in [-0.2, -0.15) is 0 Å². The number of allylic oxidation sites excluding steroid dienone is 2. The molecule has 45 heavy (non-hydrogen) atoms. The Morgan fingerprint density at radius 3 is 2.60 bits per heavy atom. The molecule has 2 heterocycles. The molecule has 1 saturated heterocycles. The average Bonchev–Trinajstić information content (AvgIpc) is 3.59. The van der Waals surface area contributed by atoms with Gasteiger partial charge in [0, 0.05) is 12.5 Å². The first-order valence-electron chi connectivity index (χ1n) is 15.2. The van der Waals surface area contributed by atoms with E-state index in [9.17, 15) is 18.8 Å². The Morgan fingerprint density at radius 1 is 1.18 bits per heavy atom. The number of esters is 1. The Kier molecular flexibility index (Phi) is 11.1. The number of methoxy groups -OCH3 is 1. The number of nitrogens with one attached hydrogen (secondary N) is 1. The molecule has 1 aliphatic carbocycles. The lowest BCUT2D eigenvalue weighted by Crippen LogP contribution is -2.57. The molecule has 0 spiro atoms. The number of carbonyl (C=O) groups excluding carboxylic acids is 3. The molecule has 1 aliphatic heterocycles. The number of fused-ring (bicyclic) bond motifs is 1. The summed E-state index contributed by atoms with van der Waals surface area (Å²) in [6.45, 7) is 13.1. The van der Waals surface area contributed by atoms with Gasteiger partial charge in [0.05, 0.1) is 24.7 Å². The first-order chi connectivity index (χ1) is 21.3. The molecule has 1 aromatic carbocycles. The lowest BCUT2D eigenvalue weighted by atomic mass is 9.85. The summed E-state index contributed by atoms with van der Waals surface area (Å²) in [4.78, 5) is 50.1. The van der Waals surface area contributed by atoms with Crippen molar-refractivity contribution in [1.82, 2.24) is 20.2 Å². The van der Waals surface area contributed by atoms with E-state index in [-0.39, 0.29) is 47.5 Å². The van der Waals surface area contributed by atoms with Crippen LogP contribution in [-0.4, -0.2) is 70.8 Å². The van der Waals surface area contributed by atoms with Crippen LogP contribution >= 0.6 is 11.6 Å². The number of nitrogens with zero attached hydrogens (tertiary/aromatic N) is 3. The molecule has 12 heteroatoms. The number of aromatic nitrogens is 2. The van der Waals surface area contributed by atoms with Crippen LogP contribution in [0.15, 0.2) is 43.5 Å². The predicted octanol–water partition coefficient (Wildman–Crippen LogP) is 6.02. The Labute approximate surface area is 268 Å². The van der Waals surface area contributed by atoms with Crippen molar-refractivity contribution in [2.75, 3.05) is 13.7 Å². The third-order valence-corrected chi connectivity index (χ3v) is 8.71. The molecule has 244 valence electrons. The largest absolute Gasteiger partial charge is 0.470 e. The maximum atomic E-state index is 14.1. The van der Waals surface area contributed by atoms with E-state index >= 15 is 0 Å². The van der Waals surface area contributed by atoms with Crippen LogP contribution in [0.5, 0.6) is 5.88 Å². The standard InChI is InChI=1S/C33H42ClFN4O6/c1-7-9-10-11-20-14-19(8-2)15-26(20)45-32(42)38-27(33(3,4)5)30(40)39-18-22(17-25(39)31(41)43-6)44-29-28(34)36-23-13-12-21(35)16-24(23)37-29/h7-8,12-13,16,19-20,22,25-27H,1-2,9-11,14-15,17-18H2,3-6H3,(H,38,42)/t19-,20-,22-,25+,26-,27-/m1/s1. The Morgan fingerprint density at radius 2 is 1.93 bits per heavy atom. The molecule has 1 N–H and O–H groups in total. The summed E-state index contributed by atoms with van der Waals surface area (Å²) in [7, 11) is 1.24. The van der Waals surface area contributed by atoms with Gasteiger partial charge in [0.1, 0.15) is 30.1 Å². The van der Waals surface area contributed by atoms with Crippen LogP contribution < -0.4 is 10.1 Å². The lowest BCUT2D eigenvalue weighted by Gasteiger charge is -2.35. The summed E-state index contributed by atoms with van der Waals surface area (Å²) in [5.41, 5.74) is -0.114. The van der Waals surface area contributed by atoms with Gasteiger partial charge in [-0.15, -0.1) is 13.2 Å². The van der Waals surface area contributed by atoms with Crippen molar-refractivity contribution >= 4 is 40.6 Å². The summed E-state index contributed by atoms with van der Waals surface area (Å²) < 4.78 is 30.7. The molecule has 2 fully saturated rings. The van der Waals surface area contributed by atoms with Crippen molar-refractivity contribution in [1.29, 1.82) is 0 Å². The lowest BCUT2D eigenvalue weighted by molar-refractivity contribution is -0.152. The number of benzene rings is 1. The molecule has 0 radical (unpaired) electrons. The second-order valence-electron chi connectivity index (χ2n) is 12.8. The topological polar surface area (TPSA) is 120 Å². The molecule has 0 unspecified atom stereocenters. The number of carbonyl (C=O) groups is 3. The fourth-order valence-corrected chi connectivity index (χ4v) is 6.28. The number of halogens is 2. The number of amides is 2. The van der Waals surface area contributed by atoms with E-state index < -0.39 is 47.4 Å². The monoisotopic (exact) mass is 644 g/mol. The number of hydrogen-bond acceptors (Lipinski definition) is 8. The zero-order chi connectivity index (χ0) is 32.9. The number of ether oxygens (including phenoxy) is 3. The molecule has 2 amide bonds. The van der Waals surface area contributed by atoms with Crippen LogP contribution in [0.25, 0.3) is 11.0 Å². The van der Waals surface area contributed by atoms with Crippen molar-refractivity contribution in [3.05, 3.63) is 54.5 Å². The third-order valence-electron chi connectivity index (χ3n) is 8.47. The van der Waals surface area contributed by atoms with Gasteiger partial charge in [0.2, 0.25) is 5.91 Å². The molecule has 1 saturated carbocycles. The number of hydrogen-bond donors (Lipinski definition) is 1. The van der Waals surface area contributed by atoms with E-state index in [0.29, 0.717) is 11.9 Å². The zero-order valence-corrected chi connectivity index (χ0v) is 27.0. The minimum Gasteiger partial charge on any atom is -0.470 e. The van der Waals surface area contributed by atoms with E-state index in [1.54, 1.807) is 0 Å². The van der Waals surface area contributed by atoms with E-state index in [4.69, 9.17) is 25.8 Å². The summed E-state index contributed by atoms with van der Waals surface area (Å²) in [5, 5.41) is 2.75. The highest BCUT2D eigenvalue weighted by molar-refractivity contribution is 6.31. The molecule has 2 aromatic rings. The van der Waals surface area contributed by atoms with Crippen LogP contribution in [0.2, 0.25) is 5.15 Å². The van der Waals surface area contributed by atoms with Crippen LogP contribution in [0.4, 0.5) is 9.18 Å². The average molecular weight is 645 g/mol. The van der Waals surface area contributed by atoms with Crippen LogP contribution in [0, 0.1) is 23.1 Å². The molecule has 2 aliphatic rings. The molecule has 10 nitrogen and oxygen atoms in total. The minimum atomic E-state index is -1.03. The summed E-state index contributed by atoms with van der Waals surface area (Å²) >= 11 is 6.31. The Hall–Kier alpha value is -3.73. The van der Waals surface area contributed by atoms with Crippen LogP contribution in [0.3, 0.4) is 0 Å². The molecule has 6 atom stereocenters. The van der Waals surface area contributed by atoms with Crippen molar-refractivity contribution < 1.29 is 33.0 Å². The maximum Gasteiger partial charge on any atom is 0.408 e. The van der Waals surface area contributed by atoms with Crippen molar-refractivity contribution in [3.8, 4) is 5.88 Å². The maximum absolute atomic E-state index is 14.1. The molecule has 0 bridgehead atoms. The summed E-state index contributed by atoms with van der Waals surface area (Å²) in [5.74, 6) is -1.24. The Balaban J connectivity index is 1.50. The van der Waals surface area contributed by atoms with Gasteiger partial charge in [-0.1, -0.05) is 44.5 Å². The number of likely N-dealkylation sites (tertiary alicyclic amines) is 1. The molecular weight excluding hydrogens is 603 g/mol. The highest BCUT2D eigenvalue weighted by Gasteiger charge is 2.47.